The third kappa shape index (κ3) is 1.82. The molecule has 20 heavy (non-hydrogen) atoms. The first-order valence-electron chi connectivity index (χ1n) is 6.32. The van der Waals surface area contributed by atoms with Crippen molar-refractivity contribution in [2.75, 3.05) is 0 Å². The average molecular weight is 267 g/mol. The molecule has 1 atom stereocenters. The molecule has 100 valence electrons. The van der Waals surface area contributed by atoms with Crippen LogP contribution in [0, 0.1) is 10.1 Å². The number of nitro benzene ring substituents is 1. The molecule has 0 bridgehead atoms. The van der Waals surface area contributed by atoms with Crippen molar-refractivity contribution < 1.29 is 10.0 Å². The minimum atomic E-state index is -0.729. The lowest BCUT2D eigenvalue weighted by Crippen LogP contribution is -1.97. The number of allylic oxidation sites excluding steroid dienone is 1. The molecular weight excluding hydrogens is 254 g/mol. The molecule has 0 radical (unpaired) electrons. The van der Waals surface area contributed by atoms with Gasteiger partial charge in [0, 0.05) is 12.1 Å². The molecule has 1 unspecified atom stereocenters. The maximum atomic E-state index is 10.9. The molecule has 0 spiro atoms. The van der Waals surface area contributed by atoms with E-state index < -0.39 is 11.0 Å². The SMILES string of the molecule is CC1=C(c2ccccc2)C(O)c2ccc([N+](=O)[O-])cc21. The number of nitro groups is 1. The lowest BCUT2D eigenvalue weighted by atomic mass is 9.99. The summed E-state index contributed by atoms with van der Waals surface area (Å²) in [6, 6.07) is 14.2. The molecule has 1 aliphatic carbocycles. The summed E-state index contributed by atoms with van der Waals surface area (Å²) in [5.74, 6) is 0. The van der Waals surface area contributed by atoms with E-state index in [4.69, 9.17) is 0 Å². The molecule has 0 aliphatic heterocycles. The van der Waals surface area contributed by atoms with E-state index in [1.807, 2.05) is 37.3 Å². The van der Waals surface area contributed by atoms with E-state index in [9.17, 15) is 15.2 Å². The average Bonchev–Trinajstić information content (AvgIpc) is 2.71. The molecule has 0 aromatic heterocycles. The Labute approximate surface area is 116 Å². The fraction of sp³-hybridized carbons (Fsp3) is 0.125. The fourth-order valence-electron chi connectivity index (χ4n) is 2.72. The number of aliphatic hydroxyl groups excluding tert-OH is 1. The maximum Gasteiger partial charge on any atom is 0.270 e. The van der Waals surface area contributed by atoms with Crippen molar-refractivity contribution in [3.63, 3.8) is 0 Å². The smallest absolute Gasteiger partial charge is 0.270 e. The molecule has 3 rings (SSSR count). The third-order valence-electron chi connectivity index (χ3n) is 3.71. The molecule has 2 aromatic carbocycles. The molecular formula is C16H13NO3. The molecule has 0 fully saturated rings. The van der Waals surface area contributed by atoms with Crippen LogP contribution in [-0.4, -0.2) is 10.0 Å². The number of fused-ring (bicyclic) bond motifs is 1. The molecule has 0 saturated carbocycles. The lowest BCUT2D eigenvalue weighted by Gasteiger charge is -2.10. The van der Waals surface area contributed by atoms with Crippen LogP contribution in [-0.2, 0) is 0 Å². The van der Waals surface area contributed by atoms with Crippen LogP contribution in [0.4, 0.5) is 5.69 Å². The quantitative estimate of drug-likeness (QED) is 0.668. The Kier molecular flexibility index (Phi) is 2.88. The summed E-state index contributed by atoms with van der Waals surface area (Å²) in [5.41, 5.74) is 4.18. The van der Waals surface area contributed by atoms with Crippen molar-refractivity contribution in [3.8, 4) is 0 Å². The van der Waals surface area contributed by atoms with Crippen LogP contribution in [0.5, 0.6) is 0 Å². The molecule has 2 aromatic rings. The van der Waals surface area contributed by atoms with Crippen LogP contribution in [0.3, 0.4) is 0 Å². The first-order valence-corrected chi connectivity index (χ1v) is 6.32. The van der Waals surface area contributed by atoms with Gasteiger partial charge in [-0.1, -0.05) is 30.3 Å². The Bertz CT molecular complexity index is 720. The monoisotopic (exact) mass is 267 g/mol. The van der Waals surface area contributed by atoms with Crippen molar-refractivity contribution in [2.45, 2.75) is 13.0 Å². The van der Waals surface area contributed by atoms with E-state index >= 15 is 0 Å². The zero-order valence-electron chi connectivity index (χ0n) is 10.9. The minimum absolute atomic E-state index is 0.0459. The highest BCUT2D eigenvalue weighted by Gasteiger charge is 2.29. The molecule has 1 N–H and O–H groups in total. The Morgan fingerprint density at radius 2 is 1.85 bits per heavy atom. The number of rotatable bonds is 2. The van der Waals surface area contributed by atoms with Crippen LogP contribution >= 0.6 is 0 Å². The normalized spacial score (nSPS) is 17.2. The largest absolute Gasteiger partial charge is 0.384 e. The summed E-state index contributed by atoms with van der Waals surface area (Å²) in [6.07, 6.45) is -0.729. The van der Waals surface area contributed by atoms with Crippen molar-refractivity contribution in [1.29, 1.82) is 0 Å². The van der Waals surface area contributed by atoms with Gasteiger partial charge in [-0.2, -0.15) is 0 Å². The van der Waals surface area contributed by atoms with E-state index in [1.165, 1.54) is 12.1 Å². The highest BCUT2D eigenvalue weighted by Crippen LogP contribution is 2.46. The van der Waals surface area contributed by atoms with Crippen LogP contribution < -0.4 is 0 Å². The summed E-state index contributed by atoms with van der Waals surface area (Å²) < 4.78 is 0. The Morgan fingerprint density at radius 1 is 1.15 bits per heavy atom. The van der Waals surface area contributed by atoms with E-state index in [-0.39, 0.29) is 5.69 Å². The van der Waals surface area contributed by atoms with Gasteiger partial charge >= 0.3 is 0 Å². The Balaban J connectivity index is 2.17. The molecule has 0 saturated heterocycles. The summed E-state index contributed by atoms with van der Waals surface area (Å²) in [4.78, 5) is 10.5. The lowest BCUT2D eigenvalue weighted by molar-refractivity contribution is -0.384. The summed E-state index contributed by atoms with van der Waals surface area (Å²) in [7, 11) is 0. The van der Waals surface area contributed by atoms with Gasteiger partial charge in [-0.15, -0.1) is 0 Å². The number of non-ortho nitro benzene ring substituents is 1. The number of hydrogen-bond acceptors (Lipinski definition) is 3. The second kappa shape index (κ2) is 4.58. The van der Waals surface area contributed by atoms with Crippen molar-refractivity contribution in [3.05, 3.63) is 75.3 Å². The van der Waals surface area contributed by atoms with Crippen LogP contribution in [0.15, 0.2) is 48.5 Å². The van der Waals surface area contributed by atoms with Gasteiger partial charge < -0.3 is 5.11 Å². The van der Waals surface area contributed by atoms with E-state index in [1.54, 1.807) is 6.07 Å². The molecule has 0 heterocycles. The standard InChI is InChI=1S/C16H13NO3/c1-10-14-9-12(17(19)20)7-8-13(14)16(18)15(10)11-5-3-2-4-6-11/h2-9,16,18H,1H3. The van der Waals surface area contributed by atoms with Gasteiger partial charge in [0.05, 0.1) is 4.92 Å². The summed E-state index contributed by atoms with van der Waals surface area (Å²) in [5, 5.41) is 21.3. The zero-order chi connectivity index (χ0) is 14.3. The van der Waals surface area contributed by atoms with Crippen LogP contribution in [0.25, 0.3) is 11.1 Å². The topological polar surface area (TPSA) is 63.4 Å². The van der Waals surface area contributed by atoms with Gasteiger partial charge in [-0.3, -0.25) is 10.1 Å². The van der Waals surface area contributed by atoms with Gasteiger partial charge in [0.25, 0.3) is 5.69 Å². The second-order valence-corrected chi connectivity index (χ2v) is 4.84. The first kappa shape index (κ1) is 12.6. The van der Waals surface area contributed by atoms with E-state index in [0.717, 1.165) is 27.8 Å². The first-order chi connectivity index (χ1) is 9.59. The van der Waals surface area contributed by atoms with Gasteiger partial charge in [-0.05, 0) is 40.8 Å². The highest BCUT2D eigenvalue weighted by molar-refractivity contribution is 5.98. The second-order valence-electron chi connectivity index (χ2n) is 4.84. The number of aliphatic hydroxyl groups is 1. The zero-order valence-corrected chi connectivity index (χ0v) is 10.9. The summed E-state index contributed by atoms with van der Waals surface area (Å²) >= 11 is 0. The fourth-order valence-corrected chi connectivity index (χ4v) is 2.72. The molecule has 0 amide bonds. The Morgan fingerprint density at radius 3 is 2.50 bits per heavy atom. The van der Waals surface area contributed by atoms with E-state index in [2.05, 4.69) is 0 Å². The maximum absolute atomic E-state index is 10.9. The molecule has 4 nitrogen and oxygen atoms in total. The third-order valence-corrected chi connectivity index (χ3v) is 3.71. The van der Waals surface area contributed by atoms with Gasteiger partial charge in [0.15, 0.2) is 0 Å². The van der Waals surface area contributed by atoms with Crippen LogP contribution in [0.2, 0.25) is 0 Å². The van der Waals surface area contributed by atoms with Crippen molar-refractivity contribution in [2.24, 2.45) is 0 Å². The predicted octanol–water partition coefficient (Wildman–Crippen LogP) is 3.57. The minimum Gasteiger partial charge on any atom is -0.384 e. The molecule has 4 heteroatoms. The number of benzene rings is 2. The number of hydrogen-bond donors (Lipinski definition) is 1. The van der Waals surface area contributed by atoms with Crippen molar-refractivity contribution >= 4 is 16.8 Å². The number of nitrogens with zero attached hydrogens (tertiary/aromatic N) is 1. The van der Waals surface area contributed by atoms with Gasteiger partial charge in [0.1, 0.15) is 6.10 Å². The van der Waals surface area contributed by atoms with Gasteiger partial charge in [-0.25, -0.2) is 0 Å². The van der Waals surface area contributed by atoms with Crippen LogP contribution in [0.1, 0.15) is 29.7 Å². The Hall–Kier alpha value is -2.46. The van der Waals surface area contributed by atoms with E-state index in [0.29, 0.717) is 0 Å². The van der Waals surface area contributed by atoms with Crippen molar-refractivity contribution in [1.82, 2.24) is 0 Å². The molecule has 1 aliphatic rings. The summed E-state index contributed by atoms with van der Waals surface area (Å²) in [6.45, 7) is 1.89. The highest BCUT2D eigenvalue weighted by atomic mass is 16.6. The predicted molar refractivity (Wildman–Crippen MR) is 77.0 cm³/mol. The van der Waals surface area contributed by atoms with Gasteiger partial charge in [0.2, 0.25) is 0 Å².